The monoisotopic (exact) mass is 321 g/mol. The van der Waals surface area contributed by atoms with E-state index in [1.165, 1.54) is 18.2 Å². The standard InChI is InChI=1S/C16H20FN3O3/c1-2-16(7-8-16)20-15(23)12(9-13(18)21)19-14(22)10-5-3-4-6-11(10)17/h3-6,12H,2,7-9H2,1H3,(H2,18,21)(H,19,22)(H,20,23). The van der Waals surface area contributed by atoms with Crippen molar-refractivity contribution >= 4 is 17.7 Å². The lowest BCUT2D eigenvalue weighted by Crippen LogP contribution is -2.51. The molecule has 7 heteroatoms. The first kappa shape index (κ1) is 16.9. The third-order valence-electron chi connectivity index (χ3n) is 4.06. The summed E-state index contributed by atoms with van der Waals surface area (Å²) in [4.78, 5) is 35.6. The molecule has 0 bridgehead atoms. The summed E-state index contributed by atoms with van der Waals surface area (Å²) in [7, 11) is 0. The summed E-state index contributed by atoms with van der Waals surface area (Å²) in [5.74, 6) is -2.66. The Morgan fingerprint density at radius 3 is 2.48 bits per heavy atom. The molecule has 0 spiro atoms. The highest BCUT2D eigenvalue weighted by molar-refractivity contribution is 5.99. The molecule has 124 valence electrons. The molecule has 1 fully saturated rings. The Morgan fingerprint density at radius 1 is 1.30 bits per heavy atom. The molecule has 1 aromatic carbocycles. The van der Waals surface area contributed by atoms with E-state index >= 15 is 0 Å². The van der Waals surface area contributed by atoms with Crippen LogP contribution < -0.4 is 16.4 Å². The number of halogens is 1. The number of carbonyl (C=O) groups excluding carboxylic acids is 3. The highest BCUT2D eigenvalue weighted by Gasteiger charge is 2.43. The van der Waals surface area contributed by atoms with Crippen LogP contribution in [0, 0.1) is 5.82 Å². The summed E-state index contributed by atoms with van der Waals surface area (Å²) in [6, 6.07) is 4.30. The summed E-state index contributed by atoms with van der Waals surface area (Å²) in [5, 5.41) is 5.23. The lowest BCUT2D eigenvalue weighted by Gasteiger charge is -2.21. The van der Waals surface area contributed by atoms with Crippen molar-refractivity contribution in [3.63, 3.8) is 0 Å². The smallest absolute Gasteiger partial charge is 0.254 e. The first-order valence-electron chi connectivity index (χ1n) is 7.52. The molecule has 1 atom stereocenters. The fourth-order valence-corrected chi connectivity index (χ4v) is 2.36. The molecule has 0 aliphatic heterocycles. The van der Waals surface area contributed by atoms with Gasteiger partial charge in [-0.3, -0.25) is 14.4 Å². The number of nitrogens with one attached hydrogen (secondary N) is 2. The first-order valence-corrected chi connectivity index (χ1v) is 7.52. The van der Waals surface area contributed by atoms with E-state index in [2.05, 4.69) is 10.6 Å². The van der Waals surface area contributed by atoms with Crippen LogP contribution in [0.25, 0.3) is 0 Å². The molecule has 1 saturated carbocycles. The van der Waals surface area contributed by atoms with E-state index in [0.29, 0.717) is 0 Å². The third kappa shape index (κ3) is 4.28. The van der Waals surface area contributed by atoms with E-state index < -0.39 is 29.6 Å². The first-order chi connectivity index (χ1) is 10.9. The van der Waals surface area contributed by atoms with Crippen LogP contribution in [0.4, 0.5) is 4.39 Å². The van der Waals surface area contributed by atoms with Gasteiger partial charge in [0.25, 0.3) is 5.91 Å². The van der Waals surface area contributed by atoms with Crippen molar-refractivity contribution in [2.75, 3.05) is 0 Å². The molecule has 0 heterocycles. The van der Waals surface area contributed by atoms with Gasteiger partial charge in [0.2, 0.25) is 11.8 Å². The van der Waals surface area contributed by atoms with Gasteiger partial charge >= 0.3 is 0 Å². The van der Waals surface area contributed by atoms with Crippen LogP contribution in [0.15, 0.2) is 24.3 Å². The van der Waals surface area contributed by atoms with Gasteiger partial charge in [0.1, 0.15) is 11.9 Å². The molecule has 23 heavy (non-hydrogen) atoms. The minimum atomic E-state index is -1.12. The summed E-state index contributed by atoms with van der Waals surface area (Å²) in [6.45, 7) is 1.95. The number of benzene rings is 1. The Labute approximate surface area is 133 Å². The van der Waals surface area contributed by atoms with Crippen molar-refractivity contribution in [3.8, 4) is 0 Å². The molecule has 1 aromatic rings. The minimum absolute atomic E-state index is 0.189. The normalized spacial score (nSPS) is 16.3. The Kier molecular flexibility index (Phi) is 4.98. The zero-order valence-electron chi connectivity index (χ0n) is 12.9. The average molecular weight is 321 g/mol. The van der Waals surface area contributed by atoms with E-state index in [1.54, 1.807) is 0 Å². The van der Waals surface area contributed by atoms with Crippen molar-refractivity contribution in [2.45, 2.75) is 44.2 Å². The topological polar surface area (TPSA) is 101 Å². The number of amides is 3. The van der Waals surface area contributed by atoms with Crippen LogP contribution in [0.5, 0.6) is 0 Å². The second-order valence-corrected chi connectivity index (χ2v) is 5.80. The number of hydrogen-bond acceptors (Lipinski definition) is 3. The predicted octanol–water partition coefficient (Wildman–Crippen LogP) is 0.858. The molecule has 0 radical (unpaired) electrons. The van der Waals surface area contributed by atoms with E-state index in [9.17, 15) is 18.8 Å². The maximum Gasteiger partial charge on any atom is 0.254 e. The van der Waals surface area contributed by atoms with E-state index in [0.717, 1.165) is 25.3 Å². The largest absolute Gasteiger partial charge is 0.370 e. The predicted molar refractivity (Wildman–Crippen MR) is 81.9 cm³/mol. The summed E-state index contributed by atoms with van der Waals surface area (Å²) in [5.41, 5.74) is 4.70. The summed E-state index contributed by atoms with van der Waals surface area (Å²) < 4.78 is 13.6. The molecular formula is C16H20FN3O3. The molecule has 6 nitrogen and oxygen atoms in total. The fourth-order valence-electron chi connectivity index (χ4n) is 2.36. The summed E-state index contributed by atoms with van der Waals surface area (Å²) >= 11 is 0. The van der Waals surface area contributed by atoms with Gasteiger partial charge in [-0.2, -0.15) is 0 Å². The lowest BCUT2D eigenvalue weighted by molar-refractivity contribution is -0.127. The van der Waals surface area contributed by atoms with Gasteiger partial charge in [-0.25, -0.2) is 4.39 Å². The van der Waals surface area contributed by atoms with Crippen LogP contribution in [0.2, 0.25) is 0 Å². The second-order valence-electron chi connectivity index (χ2n) is 5.80. The maximum atomic E-state index is 13.6. The number of rotatable bonds is 7. The van der Waals surface area contributed by atoms with Crippen LogP contribution in [0.3, 0.4) is 0 Å². The van der Waals surface area contributed by atoms with Crippen molar-refractivity contribution in [1.82, 2.24) is 10.6 Å². The molecule has 3 amide bonds. The molecule has 1 aliphatic carbocycles. The average Bonchev–Trinajstić information content (AvgIpc) is 3.26. The number of carbonyl (C=O) groups is 3. The highest BCUT2D eigenvalue weighted by atomic mass is 19.1. The quantitative estimate of drug-likeness (QED) is 0.694. The zero-order chi connectivity index (χ0) is 17.0. The van der Waals surface area contributed by atoms with Gasteiger partial charge in [0.05, 0.1) is 12.0 Å². The van der Waals surface area contributed by atoms with Crippen LogP contribution in [0.1, 0.15) is 43.0 Å². The zero-order valence-corrected chi connectivity index (χ0v) is 12.9. The van der Waals surface area contributed by atoms with E-state index in [1.807, 2.05) is 6.92 Å². The third-order valence-corrected chi connectivity index (χ3v) is 4.06. The summed E-state index contributed by atoms with van der Waals surface area (Å²) in [6.07, 6.45) is 2.15. The van der Waals surface area contributed by atoms with Gasteiger partial charge < -0.3 is 16.4 Å². The van der Waals surface area contributed by atoms with Crippen LogP contribution in [-0.4, -0.2) is 29.3 Å². The maximum absolute atomic E-state index is 13.6. The Hall–Kier alpha value is -2.44. The van der Waals surface area contributed by atoms with Crippen LogP contribution in [-0.2, 0) is 9.59 Å². The number of nitrogens with two attached hydrogens (primary N) is 1. The molecule has 2 rings (SSSR count). The van der Waals surface area contributed by atoms with E-state index in [4.69, 9.17) is 5.73 Å². The van der Waals surface area contributed by atoms with Crippen molar-refractivity contribution < 1.29 is 18.8 Å². The van der Waals surface area contributed by atoms with Crippen molar-refractivity contribution in [1.29, 1.82) is 0 Å². The van der Waals surface area contributed by atoms with Crippen LogP contribution >= 0.6 is 0 Å². The fraction of sp³-hybridized carbons (Fsp3) is 0.438. The minimum Gasteiger partial charge on any atom is -0.370 e. The molecular weight excluding hydrogens is 301 g/mol. The SMILES string of the molecule is CCC1(NC(=O)C(CC(N)=O)NC(=O)c2ccccc2F)CC1. The van der Waals surface area contributed by atoms with Gasteiger partial charge in [0, 0.05) is 5.54 Å². The highest BCUT2D eigenvalue weighted by Crippen LogP contribution is 2.38. The number of hydrogen-bond donors (Lipinski definition) is 3. The van der Waals surface area contributed by atoms with Gasteiger partial charge in [-0.15, -0.1) is 0 Å². The second kappa shape index (κ2) is 6.76. The molecule has 0 saturated heterocycles. The van der Waals surface area contributed by atoms with E-state index in [-0.39, 0.29) is 17.5 Å². The Balaban J connectivity index is 2.09. The lowest BCUT2D eigenvalue weighted by atomic mass is 10.1. The number of primary amides is 1. The van der Waals surface area contributed by atoms with Gasteiger partial charge in [0.15, 0.2) is 0 Å². The molecule has 0 aromatic heterocycles. The molecule has 1 aliphatic rings. The van der Waals surface area contributed by atoms with Gasteiger partial charge in [-0.05, 0) is 31.4 Å². The van der Waals surface area contributed by atoms with Crippen molar-refractivity contribution in [2.24, 2.45) is 5.73 Å². The Morgan fingerprint density at radius 2 is 1.96 bits per heavy atom. The van der Waals surface area contributed by atoms with Gasteiger partial charge in [-0.1, -0.05) is 19.1 Å². The Bertz CT molecular complexity index is 629. The molecule has 1 unspecified atom stereocenters. The molecule has 4 N–H and O–H groups in total. The van der Waals surface area contributed by atoms with Crippen molar-refractivity contribution in [3.05, 3.63) is 35.6 Å².